The van der Waals surface area contributed by atoms with E-state index in [2.05, 4.69) is 10.1 Å². The quantitative estimate of drug-likeness (QED) is 0.617. The molecule has 1 amide bonds. The van der Waals surface area contributed by atoms with Crippen molar-refractivity contribution < 1.29 is 14.1 Å². The first-order chi connectivity index (χ1) is 10.4. The Morgan fingerprint density at radius 2 is 2.09 bits per heavy atom. The van der Waals surface area contributed by atoms with E-state index in [1.165, 1.54) is 17.0 Å². The average Bonchev–Trinajstić information content (AvgIpc) is 2.95. The van der Waals surface area contributed by atoms with Crippen LogP contribution in [0.15, 0.2) is 30.6 Å². The van der Waals surface area contributed by atoms with Crippen LogP contribution < -0.4 is 0 Å². The van der Waals surface area contributed by atoms with Gasteiger partial charge >= 0.3 is 5.95 Å². The summed E-state index contributed by atoms with van der Waals surface area (Å²) in [6.45, 7) is 1.64. The molecule has 2 rings (SSSR count). The normalized spacial score (nSPS) is 12.0. The molecule has 0 spiro atoms. The second kappa shape index (κ2) is 6.29. The Morgan fingerprint density at radius 3 is 2.64 bits per heavy atom. The molecular weight excluding hydrogens is 293 g/mol. The van der Waals surface area contributed by atoms with E-state index in [0.717, 1.165) is 16.6 Å². The molecule has 1 heterocycles. The molecule has 0 aliphatic rings. The van der Waals surface area contributed by atoms with Gasteiger partial charge in [-0.15, -0.1) is 0 Å². The molecule has 1 aromatic heterocycles. The molecular formula is C13H14FN5O3. The fourth-order valence-electron chi connectivity index (χ4n) is 1.88. The van der Waals surface area contributed by atoms with Crippen LogP contribution in [0, 0.1) is 15.9 Å². The van der Waals surface area contributed by atoms with Gasteiger partial charge in [0.05, 0.1) is 6.04 Å². The maximum absolute atomic E-state index is 12.9. The van der Waals surface area contributed by atoms with Gasteiger partial charge in [0.2, 0.25) is 12.2 Å². The second-order valence-corrected chi connectivity index (χ2v) is 4.73. The van der Waals surface area contributed by atoms with E-state index in [1.54, 1.807) is 26.1 Å². The number of aromatic nitrogens is 3. The maximum Gasteiger partial charge on any atom is 0.490 e. The zero-order chi connectivity index (χ0) is 16.3. The first kappa shape index (κ1) is 15.5. The molecule has 1 atom stereocenters. The van der Waals surface area contributed by atoms with E-state index in [-0.39, 0.29) is 24.3 Å². The van der Waals surface area contributed by atoms with Crippen molar-refractivity contribution in [3.63, 3.8) is 0 Å². The van der Waals surface area contributed by atoms with Gasteiger partial charge in [0.15, 0.2) is 0 Å². The highest BCUT2D eigenvalue weighted by Gasteiger charge is 2.21. The number of carbonyl (C=O) groups excluding carboxylic acids is 1. The summed E-state index contributed by atoms with van der Waals surface area (Å²) in [4.78, 5) is 26.9. The summed E-state index contributed by atoms with van der Waals surface area (Å²) < 4.78 is 14.0. The molecule has 22 heavy (non-hydrogen) atoms. The average molecular weight is 307 g/mol. The molecule has 2 aromatic rings. The minimum Gasteiger partial charge on any atom is -0.390 e. The Morgan fingerprint density at radius 1 is 1.45 bits per heavy atom. The summed E-state index contributed by atoms with van der Waals surface area (Å²) in [5.74, 6) is -1.20. The van der Waals surface area contributed by atoms with Crippen LogP contribution in [0.5, 0.6) is 0 Å². The van der Waals surface area contributed by atoms with E-state index in [4.69, 9.17) is 0 Å². The monoisotopic (exact) mass is 307 g/mol. The van der Waals surface area contributed by atoms with Crippen LogP contribution in [0.1, 0.15) is 18.5 Å². The van der Waals surface area contributed by atoms with Gasteiger partial charge in [-0.25, -0.2) is 4.39 Å². The SMILES string of the molecule is CC(c1ccc(F)cc1)N(C)C(=O)Cn1cnc([N+](=O)[O-])n1. The minimum absolute atomic E-state index is 0.164. The van der Waals surface area contributed by atoms with Gasteiger partial charge in [-0.1, -0.05) is 17.1 Å². The van der Waals surface area contributed by atoms with Crippen LogP contribution in [0.2, 0.25) is 0 Å². The first-order valence-corrected chi connectivity index (χ1v) is 6.43. The minimum atomic E-state index is -0.730. The molecule has 0 saturated carbocycles. The Hall–Kier alpha value is -2.84. The number of carbonyl (C=O) groups is 1. The van der Waals surface area contributed by atoms with Crippen molar-refractivity contribution in [3.05, 3.63) is 52.1 Å². The molecule has 116 valence electrons. The molecule has 0 N–H and O–H groups in total. The molecule has 0 bridgehead atoms. The molecule has 9 heteroatoms. The van der Waals surface area contributed by atoms with Gasteiger partial charge < -0.3 is 15.0 Å². The third kappa shape index (κ3) is 3.43. The second-order valence-electron chi connectivity index (χ2n) is 4.73. The third-order valence-corrected chi connectivity index (χ3v) is 3.31. The fourth-order valence-corrected chi connectivity index (χ4v) is 1.88. The zero-order valence-corrected chi connectivity index (χ0v) is 12.0. The van der Waals surface area contributed by atoms with Crippen LogP contribution in [-0.2, 0) is 11.3 Å². The van der Waals surface area contributed by atoms with Crippen molar-refractivity contribution in [3.8, 4) is 0 Å². The predicted octanol–water partition coefficient (Wildman–Crippen LogP) is 1.54. The highest BCUT2D eigenvalue weighted by molar-refractivity contribution is 5.76. The van der Waals surface area contributed by atoms with Crippen molar-refractivity contribution in [2.45, 2.75) is 19.5 Å². The largest absolute Gasteiger partial charge is 0.490 e. The number of nitro groups is 1. The number of nitrogens with zero attached hydrogens (tertiary/aromatic N) is 5. The molecule has 0 saturated heterocycles. The van der Waals surface area contributed by atoms with Crippen molar-refractivity contribution in [1.29, 1.82) is 0 Å². The molecule has 8 nitrogen and oxygen atoms in total. The van der Waals surface area contributed by atoms with Gasteiger partial charge in [-0.05, 0) is 29.5 Å². The van der Waals surface area contributed by atoms with Crippen molar-refractivity contribution in [2.75, 3.05) is 7.05 Å². The predicted molar refractivity (Wildman–Crippen MR) is 74.3 cm³/mol. The first-order valence-electron chi connectivity index (χ1n) is 6.43. The van der Waals surface area contributed by atoms with Gasteiger partial charge in [0.1, 0.15) is 12.4 Å². The lowest BCUT2D eigenvalue weighted by Gasteiger charge is -2.25. The number of hydrogen-bond donors (Lipinski definition) is 0. The Kier molecular flexibility index (Phi) is 4.44. The summed E-state index contributed by atoms with van der Waals surface area (Å²) in [7, 11) is 1.60. The lowest BCUT2D eigenvalue weighted by Crippen LogP contribution is -2.32. The number of hydrogen-bond acceptors (Lipinski definition) is 5. The third-order valence-electron chi connectivity index (χ3n) is 3.31. The lowest BCUT2D eigenvalue weighted by atomic mass is 10.1. The van der Waals surface area contributed by atoms with E-state index in [0.29, 0.717) is 0 Å². The molecule has 1 unspecified atom stereocenters. The van der Waals surface area contributed by atoms with E-state index in [1.807, 2.05) is 0 Å². The Labute approximate surface area is 125 Å². The number of halogens is 1. The molecule has 0 aliphatic heterocycles. The number of rotatable bonds is 5. The van der Waals surface area contributed by atoms with Crippen LogP contribution in [0.4, 0.5) is 10.3 Å². The molecule has 0 fully saturated rings. The van der Waals surface area contributed by atoms with E-state index in [9.17, 15) is 19.3 Å². The number of amides is 1. The molecule has 0 radical (unpaired) electrons. The van der Waals surface area contributed by atoms with E-state index < -0.39 is 10.9 Å². The number of likely N-dealkylation sites (N-methyl/N-ethyl adjacent to an activating group) is 1. The van der Waals surface area contributed by atoms with Crippen molar-refractivity contribution in [1.82, 2.24) is 19.7 Å². The summed E-state index contributed by atoms with van der Waals surface area (Å²) in [6, 6.07) is 5.58. The van der Waals surface area contributed by atoms with Gasteiger partial charge in [-0.3, -0.25) is 4.79 Å². The Bertz CT molecular complexity index is 685. The maximum atomic E-state index is 12.9. The van der Waals surface area contributed by atoms with Gasteiger partial charge in [0.25, 0.3) is 0 Å². The van der Waals surface area contributed by atoms with Crippen LogP contribution >= 0.6 is 0 Å². The molecule has 1 aromatic carbocycles. The highest BCUT2D eigenvalue weighted by atomic mass is 19.1. The van der Waals surface area contributed by atoms with Crippen LogP contribution in [0.25, 0.3) is 0 Å². The van der Waals surface area contributed by atoms with Gasteiger partial charge in [-0.2, -0.15) is 4.68 Å². The van der Waals surface area contributed by atoms with Crippen molar-refractivity contribution >= 4 is 11.9 Å². The summed E-state index contributed by atoms with van der Waals surface area (Å²) >= 11 is 0. The van der Waals surface area contributed by atoms with Crippen LogP contribution in [-0.4, -0.2) is 37.5 Å². The number of benzene rings is 1. The lowest BCUT2D eigenvalue weighted by molar-refractivity contribution is -0.394. The Balaban J connectivity index is 2.04. The van der Waals surface area contributed by atoms with Gasteiger partial charge in [0, 0.05) is 12.1 Å². The summed E-state index contributed by atoms with van der Waals surface area (Å²) in [5, 5.41) is 14.1. The van der Waals surface area contributed by atoms with E-state index >= 15 is 0 Å². The van der Waals surface area contributed by atoms with Crippen molar-refractivity contribution in [2.24, 2.45) is 0 Å². The smallest absolute Gasteiger partial charge is 0.390 e. The topological polar surface area (TPSA) is 94.2 Å². The standard InChI is InChI=1S/C13H14FN5O3/c1-9(10-3-5-11(14)6-4-10)17(2)12(20)7-18-8-15-13(16-18)19(21)22/h3-6,8-9H,7H2,1-2H3. The van der Waals surface area contributed by atoms with Crippen LogP contribution in [0.3, 0.4) is 0 Å². The zero-order valence-electron chi connectivity index (χ0n) is 12.0. The fraction of sp³-hybridized carbons (Fsp3) is 0.308. The molecule has 0 aliphatic carbocycles. The highest BCUT2D eigenvalue weighted by Crippen LogP contribution is 2.19. The summed E-state index contributed by atoms with van der Waals surface area (Å²) in [5.41, 5.74) is 0.779. The summed E-state index contributed by atoms with van der Waals surface area (Å²) in [6.07, 6.45) is 1.13.